The third-order valence-electron chi connectivity index (χ3n) is 4.14. The first-order valence-corrected chi connectivity index (χ1v) is 7.72. The molecule has 2 aliphatic heterocycles. The molecule has 1 aromatic rings. The molecule has 1 aromatic heterocycles. The molecule has 0 saturated carbocycles. The lowest BCUT2D eigenvalue weighted by Gasteiger charge is -2.29. The molecular formula is C12H20N4O2S. The van der Waals surface area contributed by atoms with Crippen molar-refractivity contribution in [1.29, 1.82) is 0 Å². The van der Waals surface area contributed by atoms with Crippen molar-refractivity contribution >= 4 is 11.8 Å². The fourth-order valence-corrected chi connectivity index (χ4v) is 3.68. The van der Waals surface area contributed by atoms with E-state index in [2.05, 4.69) is 22.1 Å². The van der Waals surface area contributed by atoms with E-state index in [1.54, 1.807) is 0 Å². The molecule has 7 heteroatoms. The number of hydrogen-bond donors (Lipinski definition) is 1. The van der Waals surface area contributed by atoms with Crippen LogP contribution in [0.2, 0.25) is 0 Å². The predicted octanol–water partition coefficient (Wildman–Crippen LogP) is 0.405. The van der Waals surface area contributed by atoms with Crippen molar-refractivity contribution in [2.45, 2.75) is 24.4 Å². The maximum Gasteiger partial charge on any atom is 0.236 e. The molecule has 106 valence electrons. The van der Waals surface area contributed by atoms with E-state index < -0.39 is 0 Å². The molecule has 3 rings (SSSR count). The standard InChI is InChI=1S/C12H20N4O2S/c1-12(7-17-5-9(12)13)11-14-10(15-18-11)8-6-19-4-3-16(8)2/h8-9H,3-7,13H2,1-2H3. The Hall–Kier alpha value is -0.630. The van der Waals surface area contributed by atoms with E-state index in [4.69, 9.17) is 15.0 Å². The average molecular weight is 284 g/mol. The van der Waals surface area contributed by atoms with Crippen LogP contribution in [0.5, 0.6) is 0 Å². The first-order chi connectivity index (χ1) is 9.11. The van der Waals surface area contributed by atoms with Crippen molar-refractivity contribution in [1.82, 2.24) is 15.0 Å². The van der Waals surface area contributed by atoms with E-state index in [-0.39, 0.29) is 17.5 Å². The Morgan fingerprint density at radius 1 is 1.53 bits per heavy atom. The Kier molecular flexibility index (Phi) is 3.55. The lowest BCUT2D eigenvalue weighted by Crippen LogP contribution is -2.42. The highest BCUT2D eigenvalue weighted by atomic mass is 32.2. The van der Waals surface area contributed by atoms with Gasteiger partial charge in [-0.1, -0.05) is 5.16 Å². The van der Waals surface area contributed by atoms with Crippen molar-refractivity contribution in [2.75, 3.05) is 38.3 Å². The van der Waals surface area contributed by atoms with Crippen LogP contribution in [0.15, 0.2) is 4.52 Å². The number of aromatic nitrogens is 2. The molecule has 2 fully saturated rings. The van der Waals surface area contributed by atoms with Gasteiger partial charge in [-0.15, -0.1) is 0 Å². The Labute approximate surface area is 117 Å². The number of hydrogen-bond acceptors (Lipinski definition) is 7. The van der Waals surface area contributed by atoms with Gasteiger partial charge in [0, 0.05) is 24.1 Å². The Morgan fingerprint density at radius 3 is 3.05 bits per heavy atom. The van der Waals surface area contributed by atoms with Crippen LogP contribution in [0.25, 0.3) is 0 Å². The summed E-state index contributed by atoms with van der Waals surface area (Å²) in [4.78, 5) is 6.87. The first-order valence-electron chi connectivity index (χ1n) is 6.56. The van der Waals surface area contributed by atoms with E-state index in [0.717, 1.165) is 23.9 Å². The van der Waals surface area contributed by atoms with Gasteiger partial charge in [0.15, 0.2) is 5.82 Å². The Bertz CT molecular complexity index is 455. The quantitative estimate of drug-likeness (QED) is 0.842. The molecular weight excluding hydrogens is 264 g/mol. The monoisotopic (exact) mass is 284 g/mol. The van der Waals surface area contributed by atoms with Gasteiger partial charge in [-0.05, 0) is 14.0 Å². The van der Waals surface area contributed by atoms with Crippen LogP contribution in [0.3, 0.4) is 0 Å². The molecule has 3 atom stereocenters. The number of thioether (sulfide) groups is 1. The number of ether oxygens (including phenoxy) is 1. The van der Waals surface area contributed by atoms with E-state index in [1.807, 2.05) is 18.7 Å². The molecule has 2 saturated heterocycles. The first kappa shape index (κ1) is 13.4. The van der Waals surface area contributed by atoms with Crippen LogP contribution in [0, 0.1) is 0 Å². The third-order valence-corrected chi connectivity index (χ3v) is 5.16. The van der Waals surface area contributed by atoms with Crippen LogP contribution in [-0.2, 0) is 10.2 Å². The Morgan fingerprint density at radius 2 is 2.37 bits per heavy atom. The van der Waals surface area contributed by atoms with E-state index in [1.165, 1.54) is 0 Å². The summed E-state index contributed by atoms with van der Waals surface area (Å²) in [5.74, 6) is 3.55. The fraction of sp³-hybridized carbons (Fsp3) is 0.833. The lowest BCUT2D eigenvalue weighted by molar-refractivity contribution is 0.169. The van der Waals surface area contributed by atoms with Crippen molar-refractivity contribution in [2.24, 2.45) is 5.73 Å². The highest BCUT2D eigenvalue weighted by Crippen LogP contribution is 2.33. The van der Waals surface area contributed by atoms with Gasteiger partial charge in [0.2, 0.25) is 5.89 Å². The van der Waals surface area contributed by atoms with Gasteiger partial charge in [0.05, 0.1) is 24.7 Å². The zero-order valence-electron chi connectivity index (χ0n) is 11.3. The average Bonchev–Trinajstić information content (AvgIpc) is 2.99. The maximum absolute atomic E-state index is 6.09. The molecule has 3 heterocycles. The molecule has 0 spiro atoms. The summed E-state index contributed by atoms with van der Waals surface area (Å²) in [6.45, 7) is 4.18. The van der Waals surface area contributed by atoms with Gasteiger partial charge in [-0.3, -0.25) is 4.90 Å². The van der Waals surface area contributed by atoms with Crippen LogP contribution in [0.1, 0.15) is 24.7 Å². The van der Waals surface area contributed by atoms with Gasteiger partial charge >= 0.3 is 0 Å². The normalized spacial score (nSPS) is 36.8. The zero-order chi connectivity index (χ0) is 13.5. The second kappa shape index (κ2) is 5.05. The molecule has 0 bridgehead atoms. The summed E-state index contributed by atoms with van der Waals surface area (Å²) in [5, 5.41) is 4.16. The van der Waals surface area contributed by atoms with Gasteiger partial charge < -0.3 is 15.0 Å². The van der Waals surface area contributed by atoms with E-state index in [0.29, 0.717) is 19.1 Å². The fourth-order valence-electron chi connectivity index (χ4n) is 2.47. The van der Waals surface area contributed by atoms with Gasteiger partial charge in [-0.25, -0.2) is 0 Å². The van der Waals surface area contributed by atoms with Crippen LogP contribution in [-0.4, -0.2) is 59.4 Å². The molecule has 2 aliphatic rings. The molecule has 3 unspecified atom stereocenters. The van der Waals surface area contributed by atoms with E-state index >= 15 is 0 Å². The second-order valence-electron chi connectivity index (χ2n) is 5.57. The highest BCUT2D eigenvalue weighted by Gasteiger charge is 2.44. The zero-order valence-corrected chi connectivity index (χ0v) is 12.2. The molecule has 2 N–H and O–H groups in total. The highest BCUT2D eigenvalue weighted by molar-refractivity contribution is 7.99. The summed E-state index contributed by atoms with van der Waals surface area (Å²) in [5.41, 5.74) is 5.74. The molecule has 0 aliphatic carbocycles. The van der Waals surface area contributed by atoms with Crippen LogP contribution in [0.4, 0.5) is 0 Å². The smallest absolute Gasteiger partial charge is 0.236 e. The van der Waals surface area contributed by atoms with Crippen molar-refractivity contribution in [3.05, 3.63) is 11.7 Å². The summed E-state index contributed by atoms with van der Waals surface area (Å²) >= 11 is 1.93. The summed E-state index contributed by atoms with van der Waals surface area (Å²) in [6, 6.07) is 0.151. The number of nitrogens with two attached hydrogens (primary N) is 1. The molecule has 0 amide bonds. The summed E-state index contributed by atoms with van der Waals surface area (Å²) in [6.07, 6.45) is 0. The Balaban J connectivity index is 1.83. The van der Waals surface area contributed by atoms with E-state index in [9.17, 15) is 0 Å². The molecule has 0 aromatic carbocycles. The topological polar surface area (TPSA) is 77.4 Å². The van der Waals surface area contributed by atoms with Gasteiger partial charge in [0.1, 0.15) is 0 Å². The summed E-state index contributed by atoms with van der Waals surface area (Å²) < 4.78 is 10.9. The minimum atomic E-state index is -0.356. The molecule has 6 nitrogen and oxygen atoms in total. The largest absolute Gasteiger partial charge is 0.379 e. The van der Waals surface area contributed by atoms with Gasteiger partial charge in [-0.2, -0.15) is 16.7 Å². The third kappa shape index (κ3) is 2.29. The van der Waals surface area contributed by atoms with Crippen LogP contribution < -0.4 is 5.73 Å². The SMILES string of the molecule is CN1CCSCC1c1noc(C2(C)COCC2N)n1. The van der Waals surface area contributed by atoms with Gasteiger partial charge in [0.25, 0.3) is 0 Å². The molecule has 19 heavy (non-hydrogen) atoms. The predicted molar refractivity (Wildman–Crippen MR) is 73.1 cm³/mol. The second-order valence-corrected chi connectivity index (χ2v) is 6.72. The number of rotatable bonds is 2. The van der Waals surface area contributed by atoms with Crippen molar-refractivity contribution in [3.8, 4) is 0 Å². The maximum atomic E-state index is 6.09. The minimum absolute atomic E-state index is 0.0840. The number of nitrogens with zero attached hydrogens (tertiary/aromatic N) is 3. The van der Waals surface area contributed by atoms with Crippen molar-refractivity contribution in [3.63, 3.8) is 0 Å². The lowest BCUT2D eigenvalue weighted by atomic mass is 9.86. The van der Waals surface area contributed by atoms with Crippen molar-refractivity contribution < 1.29 is 9.26 Å². The summed E-state index contributed by atoms with van der Waals surface area (Å²) in [7, 11) is 2.10. The minimum Gasteiger partial charge on any atom is -0.379 e. The molecule has 0 radical (unpaired) electrons. The van der Waals surface area contributed by atoms with Crippen LogP contribution >= 0.6 is 11.8 Å².